The molecule has 0 radical (unpaired) electrons. The standard InChI is InChI=1S/C16H28N4O3S/c1-4-17-16(18-10-5-13-23-3)19-11-12-20-24(21,22)15-8-6-14(2)7-9-15/h6-9,20H,4-5,10-13H2,1-3H3,(H2,17,18,19). The predicted octanol–water partition coefficient (Wildman–Crippen LogP) is 0.865. The molecule has 0 saturated carbocycles. The number of hydrogen-bond acceptors (Lipinski definition) is 4. The van der Waals surface area contributed by atoms with E-state index >= 15 is 0 Å². The van der Waals surface area contributed by atoms with Crippen molar-refractivity contribution in [2.24, 2.45) is 4.99 Å². The maximum absolute atomic E-state index is 12.2. The van der Waals surface area contributed by atoms with Crippen LogP contribution >= 0.6 is 0 Å². The average Bonchev–Trinajstić information content (AvgIpc) is 2.55. The minimum atomic E-state index is -3.48. The number of nitrogens with one attached hydrogen (secondary N) is 3. The van der Waals surface area contributed by atoms with Crippen molar-refractivity contribution in [1.29, 1.82) is 0 Å². The summed E-state index contributed by atoms with van der Waals surface area (Å²) >= 11 is 0. The molecule has 0 spiro atoms. The Hall–Kier alpha value is -1.64. The lowest BCUT2D eigenvalue weighted by Gasteiger charge is -2.12. The van der Waals surface area contributed by atoms with Crippen LogP contribution in [0.4, 0.5) is 0 Å². The second kappa shape index (κ2) is 11.0. The van der Waals surface area contributed by atoms with E-state index in [4.69, 9.17) is 4.74 Å². The Kier molecular flexibility index (Phi) is 9.36. The minimum absolute atomic E-state index is 0.272. The van der Waals surface area contributed by atoms with E-state index in [1.165, 1.54) is 0 Å². The third kappa shape index (κ3) is 7.76. The van der Waals surface area contributed by atoms with Crippen LogP contribution in [0.25, 0.3) is 0 Å². The van der Waals surface area contributed by atoms with Gasteiger partial charge in [0.1, 0.15) is 0 Å². The molecule has 0 aromatic heterocycles. The lowest BCUT2D eigenvalue weighted by Crippen LogP contribution is -2.41. The zero-order valence-corrected chi connectivity index (χ0v) is 15.4. The van der Waals surface area contributed by atoms with Gasteiger partial charge >= 0.3 is 0 Å². The lowest BCUT2D eigenvalue weighted by atomic mass is 10.2. The van der Waals surface area contributed by atoms with Gasteiger partial charge < -0.3 is 15.4 Å². The van der Waals surface area contributed by atoms with Crippen LogP contribution in [0, 0.1) is 6.92 Å². The zero-order chi connectivity index (χ0) is 17.8. The normalized spacial score (nSPS) is 12.2. The highest BCUT2D eigenvalue weighted by Gasteiger charge is 2.12. The summed E-state index contributed by atoms with van der Waals surface area (Å²) in [6.45, 7) is 6.68. The molecule has 0 saturated heterocycles. The number of aryl methyl sites for hydroxylation is 1. The van der Waals surface area contributed by atoms with Gasteiger partial charge in [-0.3, -0.25) is 4.99 Å². The van der Waals surface area contributed by atoms with Gasteiger partial charge in [0, 0.05) is 39.9 Å². The second-order valence-electron chi connectivity index (χ2n) is 5.24. The van der Waals surface area contributed by atoms with Gasteiger partial charge in [0.05, 0.1) is 4.90 Å². The molecule has 0 aliphatic heterocycles. The number of rotatable bonds is 10. The zero-order valence-electron chi connectivity index (χ0n) is 14.6. The van der Waals surface area contributed by atoms with Crippen molar-refractivity contribution in [3.8, 4) is 0 Å². The van der Waals surface area contributed by atoms with Crippen molar-refractivity contribution in [2.75, 3.05) is 39.9 Å². The molecule has 0 unspecified atom stereocenters. The fourth-order valence-corrected chi connectivity index (χ4v) is 2.94. The molecule has 1 aromatic carbocycles. The summed E-state index contributed by atoms with van der Waals surface area (Å²) in [7, 11) is -1.82. The van der Waals surface area contributed by atoms with Crippen molar-refractivity contribution >= 4 is 16.0 Å². The number of aliphatic imine (C=N–C) groups is 1. The molecule has 7 nitrogen and oxygen atoms in total. The maximum atomic E-state index is 12.2. The average molecular weight is 356 g/mol. The van der Waals surface area contributed by atoms with E-state index in [2.05, 4.69) is 20.3 Å². The van der Waals surface area contributed by atoms with Crippen LogP contribution in [-0.2, 0) is 14.8 Å². The Morgan fingerprint density at radius 1 is 1.17 bits per heavy atom. The molecule has 0 heterocycles. The Balaban J connectivity index is 2.42. The van der Waals surface area contributed by atoms with Crippen LogP contribution in [0.1, 0.15) is 18.9 Å². The largest absolute Gasteiger partial charge is 0.385 e. The summed E-state index contributed by atoms with van der Waals surface area (Å²) < 4.78 is 31.9. The van der Waals surface area contributed by atoms with E-state index in [1.807, 2.05) is 13.8 Å². The lowest BCUT2D eigenvalue weighted by molar-refractivity contribution is 0.197. The number of ether oxygens (including phenoxy) is 1. The van der Waals surface area contributed by atoms with Crippen LogP contribution in [0.3, 0.4) is 0 Å². The molecule has 0 bridgehead atoms. The molecule has 0 aliphatic carbocycles. The molecule has 0 atom stereocenters. The van der Waals surface area contributed by atoms with Crippen molar-refractivity contribution in [2.45, 2.75) is 25.2 Å². The van der Waals surface area contributed by atoms with Gasteiger partial charge in [-0.15, -0.1) is 0 Å². The quantitative estimate of drug-likeness (QED) is 0.329. The fraction of sp³-hybridized carbons (Fsp3) is 0.562. The topological polar surface area (TPSA) is 91.8 Å². The van der Waals surface area contributed by atoms with E-state index < -0.39 is 10.0 Å². The first-order valence-corrected chi connectivity index (χ1v) is 9.55. The molecule has 3 N–H and O–H groups in total. The molecule has 1 aromatic rings. The molecule has 0 aliphatic rings. The Bertz CT molecular complexity index is 600. The highest BCUT2D eigenvalue weighted by molar-refractivity contribution is 7.89. The summed E-state index contributed by atoms with van der Waals surface area (Å²) in [5, 5.41) is 6.22. The van der Waals surface area contributed by atoms with Crippen molar-refractivity contribution in [1.82, 2.24) is 15.4 Å². The van der Waals surface area contributed by atoms with E-state index in [0.717, 1.165) is 18.5 Å². The number of nitrogens with zero attached hydrogens (tertiary/aromatic N) is 1. The van der Waals surface area contributed by atoms with Crippen LogP contribution < -0.4 is 15.4 Å². The molecule has 1 rings (SSSR count). The number of methoxy groups -OCH3 is 1. The molecule has 0 amide bonds. The van der Waals surface area contributed by atoms with Crippen molar-refractivity contribution < 1.29 is 13.2 Å². The highest BCUT2D eigenvalue weighted by atomic mass is 32.2. The molecular formula is C16H28N4O3S. The van der Waals surface area contributed by atoms with Gasteiger partial charge in [-0.05, 0) is 32.4 Å². The summed E-state index contributed by atoms with van der Waals surface area (Å²) in [6, 6.07) is 6.77. The van der Waals surface area contributed by atoms with Gasteiger partial charge in [0.25, 0.3) is 0 Å². The van der Waals surface area contributed by atoms with Crippen LogP contribution in [0.15, 0.2) is 34.2 Å². The fourth-order valence-electron chi connectivity index (χ4n) is 1.91. The van der Waals surface area contributed by atoms with E-state index in [9.17, 15) is 8.42 Å². The first kappa shape index (κ1) is 20.4. The third-order valence-electron chi connectivity index (χ3n) is 3.16. The van der Waals surface area contributed by atoms with Crippen LogP contribution in [0.5, 0.6) is 0 Å². The van der Waals surface area contributed by atoms with E-state index in [1.54, 1.807) is 31.4 Å². The van der Waals surface area contributed by atoms with E-state index in [0.29, 0.717) is 25.7 Å². The van der Waals surface area contributed by atoms with Gasteiger partial charge in [0.15, 0.2) is 5.96 Å². The Morgan fingerprint density at radius 3 is 2.50 bits per heavy atom. The SMILES string of the molecule is CCNC(=NCCCOC)NCCNS(=O)(=O)c1ccc(C)cc1. The van der Waals surface area contributed by atoms with Crippen LogP contribution in [-0.4, -0.2) is 54.3 Å². The molecule has 0 fully saturated rings. The molecule has 24 heavy (non-hydrogen) atoms. The summed E-state index contributed by atoms with van der Waals surface area (Å²) in [4.78, 5) is 4.66. The number of guanidine groups is 1. The molecular weight excluding hydrogens is 328 g/mol. The monoisotopic (exact) mass is 356 g/mol. The van der Waals surface area contributed by atoms with Gasteiger partial charge in [-0.25, -0.2) is 13.1 Å². The maximum Gasteiger partial charge on any atom is 0.240 e. The van der Waals surface area contributed by atoms with Gasteiger partial charge in [0.2, 0.25) is 10.0 Å². The Labute approximate surface area is 145 Å². The molecule has 136 valence electrons. The number of sulfonamides is 1. The summed E-state index contributed by atoms with van der Waals surface area (Å²) in [6.07, 6.45) is 0.840. The number of hydrogen-bond donors (Lipinski definition) is 3. The minimum Gasteiger partial charge on any atom is -0.385 e. The summed E-state index contributed by atoms with van der Waals surface area (Å²) in [5.41, 5.74) is 1.02. The number of benzene rings is 1. The van der Waals surface area contributed by atoms with E-state index in [-0.39, 0.29) is 11.4 Å². The Morgan fingerprint density at radius 2 is 1.88 bits per heavy atom. The van der Waals surface area contributed by atoms with Crippen molar-refractivity contribution in [3.05, 3.63) is 29.8 Å². The third-order valence-corrected chi connectivity index (χ3v) is 4.64. The molecule has 8 heteroatoms. The van der Waals surface area contributed by atoms with Gasteiger partial charge in [-0.2, -0.15) is 0 Å². The summed E-state index contributed by atoms with van der Waals surface area (Å²) in [5.74, 6) is 0.670. The first-order valence-electron chi connectivity index (χ1n) is 8.07. The predicted molar refractivity (Wildman–Crippen MR) is 96.8 cm³/mol. The first-order chi connectivity index (χ1) is 11.5. The second-order valence-corrected chi connectivity index (χ2v) is 7.01. The smallest absolute Gasteiger partial charge is 0.240 e. The highest BCUT2D eigenvalue weighted by Crippen LogP contribution is 2.09. The van der Waals surface area contributed by atoms with Crippen LogP contribution in [0.2, 0.25) is 0 Å². The van der Waals surface area contributed by atoms with Gasteiger partial charge in [-0.1, -0.05) is 17.7 Å². The van der Waals surface area contributed by atoms with Crippen molar-refractivity contribution in [3.63, 3.8) is 0 Å².